The number of hydrogen-bond donors (Lipinski definition) is 0. The van der Waals surface area contributed by atoms with Gasteiger partial charge in [-0.2, -0.15) is 0 Å². The molecule has 1 aromatic heterocycles. The number of benzene rings is 2. The van der Waals surface area contributed by atoms with E-state index in [9.17, 15) is 4.39 Å². The number of hydrogen-bond acceptors (Lipinski definition) is 2. The van der Waals surface area contributed by atoms with Gasteiger partial charge >= 0.3 is 0 Å². The lowest BCUT2D eigenvalue weighted by Crippen LogP contribution is -2.37. The molecule has 3 nitrogen and oxygen atoms in total. The van der Waals surface area contributed by atoms with E-state index in [1.807, 2.05) is 18.2 Å². The van der Waals surface area contributed by atoms with Crippen LogP contribution in [-0.2, 0) is 19.9 Å². The highest BCUT2D eigenvalue weighted by Gasteiger charge is 2.21. The third-order valence-corrected chi connectivity index (χ3v) is 4.72. The minimum atomic E-state index is -0.196. The zero-order valence-electron chi connectivity index (χ0n) is 13.8. The second-order valence-electron chi connectivity index (χ2n) is 6.21. The van der Waals surface area contributed by atoms with Crippen molar-refractivity contribution < 1.29 is 18.4 Å². The summed E-state index contributed by atoms with van der Waals surface area (Å²) in [7, 11) is 2.08. The molecule has 3 aromatic rings. The quantitative estimate of drug-likeness (QED) is 0.687. The van der Waals surface area contributed by atoms with Crippen molar-refractivity contribution in [1.82, 2.24) is 0 Å². The van der Waals surface area contributed by atoms with E-state index < -0.39 is 0 Å². The first kappa shape index (κ1) is 14.9. The molecule has 0 aliphatic carbocycles. The van der Waals surface area contributed by atoms with Crippen LogP contribution in [0.2, 0.25) is 0 Å². The predicted octanol–water partition coefficient (Wildman–Crippen LogP) is 3.63. The Kier molecular flexibility index (Phi) is 3.60. The summed E-state index contributed by atoms with van der Waals surface area (Å²) in [5, 5.41) is 2.33. The Balaban J connectivity index is 1.75. The van der Waals surface area contributed by atoms with E-state index in [0.29, 0.717) is 0 Å². The van der Waals surface area contributed by atoms with E-state index in [4.69, 9.17) is 9.47 Å². The van der Waals surface area contributed by atoms with Crippen molar-refractivity contribution in [3.05, 3.63) is 65.2 Å². The van der Waals surface area contributed by atoms with Crippen molar-refractivity contribution in [1.29, 1.82) is 0 Å². The van der Waals surface area contributed by atoms with Gasteiger partial charge in [0.2, 0.25) is 6.79 Å². The van der Waals surface area contributed by atoms with Crippen LogP contribution in [0.3, 0.4) is 0 Å². The number of aryl methyl sites for hydroxylation is 3. The summed E-state index contributed by atoms with van der Waals surface area (Å²) in [5.41, 5.74) is 3.56. The molecule has 2 aromatic carbocycles. The Labute approximate surface area is 140 Å². The fraction of sp³-hybridized carbons (Fsp3) is 0.250. The lowest BCUT2D eigenvalue weighted by molar-refractivity contribution is -0.683. The lowest BCUT2D eigenvalue weighted by atomic mass is 10.0. The molecular formula is C20H19FNO2+. The van der Waals surface area contributed by atoms with Gasteiger partial charge in [0.15, 0.2) is 22.9 Å². The lowest BCUT2D eigenvalue weighted by Gasteiger charge is -2.09. The molecule has 0 bridgehead atoms. The summed E-state index contributed by atoms with van der Waals surface area (Å²) in [6, 6.07) is 13.0. The topological polar surface area (TPSA) is 22.3 Å². The van der Waals surface area contributed by atoms with Gasteiger partial charge in [-0.3, -0.25) is 0 Å². The summed E-state index contributed by atoms with van der Waals surface area (Å²) in [6.45, 7) is 2.38. The number of rotatable bonds is 3. The molecule has 24 heavy (non-hydrogen) atoms. The Morgan fingerprint density at radius 2 is 1.71 bits per heavy atom. The van der Waals surface area contributed by atoms with Crippen LogP contribution in [0.4, 0.5) is 4.39 Å². The van der Waals surface area contributed by atoms with E-state index in [-0.39, 0.29) is 12.6 Å². The van der Waals surface area contributed by atoms with Crippen LogP contribution in [0, 0.1) is 12.7 Å². The van der Waals surface area contributed by atoms with Gasteiger partial charge in [0.25, 0.3) is 0 Å². The maximum atomic E-state index is 13.1. The summed E-state index contributed by atoms with van der Waals surface area (Å²) in [6.07, 6.45) is 1.74. The van der Waals surface area contributed by atoms with Crippen molar-refractivity contribution in [3.8, 4) is 11.5 Å². The molecule has 0 fully saturated rings. The van der Waals surface area contributed by atoms with Crippen molar-refractivity contribution in [2.24, 2.45) is 7.05 Å². The Hall–Kier alpha value is -2.62. The normalized spacial score (nSPS) is 12.8. The minimum absolute atomic E-state index is 0.196. The van der Waals surface area contributed by atoms with Crippen LogP contribution in [0.15, 0.2) is 42.5 Å². The highest BCUT2D eigenvalue weighted by atomic mass is 19.1. The second-order valence-corrected chi connectivity index (χ2v) is 6.21. The number of pyridine rings is 1. The second kappa shape index (κ2) is 5.78. The molecule has 0 radical (unpaired) electrons. The molecule has 0 saturated carbocycles. The van der Waals surface area contributed by atoms with Gasteiger partial charge in [-0.05, 0) is 41.6 Å². The average Bonchev–Trinajstić information content (AvgIpc) is 3.02. The molecule has 0 spiro atoms. The molecule has 122 valence electrons. The number of fused-ring (bicyclic) bond motifs is 2. The van der Waals surface area contributed by atoms with Gasteiger partial charge in [0.1, 0.15) is 12.9 Å². The van der Waals surface area contributed by atoms with Crippen LogP contribution in [-0.4, -0.2) is 6.79 Å². The van der Waals surface area contributed by atoms with Gasteiger partial charge in [0, 0.05) is 19.4 Å². The Bertz CT molecular complexity index is 919. The zero-order valence-corrected chi connectivity index (χ0v) is 13.8. The molecule has 1 aliphatic heterocycles. The average molecular weight is 324 g/mol. The molecular weight excluding hydrogens is 305 g/mol. The molecule has 0 atom stereocenters. The summed E-state index contributed by atoms with van der Waals surface area (Å²) in [5.74, 6) is 1.41. The SMILES string of the molecule is Cc1cc2cc3c(cc2c(CCc2ccc(F)cc2)[n+]1C)OCO3. The number of halogens is 1. The summed E-state index contributed by atoms with van der Waals surface area (Å²) >= 11 is 0. The highest BCUT2D eigenvalue weighted by molar-refractivity contribution is 5.87. The van der Waals surface area contributed by atoms with Gasteiger partial charge < -0.3 is 9.47 Å². The number of aromatic nitrogens is 1. The summed E-state index contributed by atoms with van der Waals surface area (Å²) < 4.78 is 26.3. The van der Waals surface area contributed by atoms with Crippen LogP contribution in [0.5, 0.6) is 11.5 Å². The third kappa shape index (κ3) is 2.58. The van der Waals surface area contributed by atoms with E-state index >= 15 is 0 Å². The molecule has 0 amide bonds. The maximum Gasteiger partial charge on any atom is 0.231 e. The van der Waals surface area contributed by atoms with Gasteiger partial charge in [-0.25, -0.2) is 8.96 Å². The molecule has 0 saturated heterocycles. The third-order valence-electron chi connectivity index (χ3n) is 4.72. The summed E-state index contributed by atoms with van der Waals surface area (Å²) in [4.78, 5) is 0. The van der Waals surface area contributed by atoms with Crippen LogP contribution in [0.25, 0.3) is 10.8 Å². The number of ether oxygens (including phenoxy) is 2. The molecule has 0 N–H and O–H groups in total. The first-order chi connectivity index (χ1) is 11.6. The van der Waals surface area contributed by atoms with Gasteiger partial charge in [-0.1, -0.05) is 12.1 Å². The molecule has 4 rings (SSSR count). The fourth-order valence-electron chi connectivity index (χ4n) is 3.26. The monoisotopic (exact) mass is 324 g/mol. The van der Waals surface area contributed by atoms with Crippen LogP contribution < -0.4 is 14.0 Å². The van der Waals surface area contributed by atoms with E-state index in [1.54, 1.807) is 0 Å². The van der Waals surface area contributed by atoms with Gasteiger partial charge in [0.05, 0.1) is 5.39 Å². The highest BCUT2D eigenvalue weighted by Crippen LogP contribution is 2.37. The van der Waals surface area contributed by atoms with Crippen molar-refractivity contribution in [2.45, 2.75) is 19.8 Å². The first-order valence-electron chi connectivity index (χ1n) is 8.08. The largest absolute Gasteiger partial charge is 0.454 e. The molecule has 4 heteroatoms. The minimum Gasteiger partial charge on any atom is -0.454 e. The van der Waals surface area contributed by atoms with E-state index in [1.165, 1.54) is 28.9 Å². The van der Waals surface area contributed by atoms with Crippen molar-refractivity contribution in [3.63, 3.8) is 0 Å². The van der Waals surface area contributed by atoms with Crippen LogP contribution >= 0.6 is 0 Å². The molecule has 0 unspecified atom stereocenters. The molecule has 2 heterocycles. The van der Waals surface area contributed by atoms with E-state index in [0.717, 1.165) is 35.3 Å². The first-order valence-corrected chi connectivity index (χ1v) is 8.08. The van der Waals surface area contributed by atoms with Gasteiger partial charge in [-0.15, -0.1) is 0 Å². The smallest absolute Gasteiger partial charge is 0.231 e. The predicted molar refractivity (Wildman–Crippen MR) is 89.8 cm³/mol. The Morgan fingerprint density at radius 3 is 2.46 bits per heavy atom. The zero-order chi connectivity index (χ0) is 16.7. The Morgan fingerprint density at radius 1 is 1.00 bits per heavy atom. The maximum absolute atomic E-state index is 13.1. The fourth-order valence-corrected chi connectivity index (χ4v) is 3.26. The van der Waals surface area contributed by atoms with Crippen molar-refractivity contribution in [2.75, 3.05) is 6.79 Å². The number of nitrogens with zero attached hydrogens (tertiary/aromatic N) is 1. The van der Waals surface area contributed by atoms with Crippen LogP contribution in [0.1, 0.15) is 17.0 Å². The molecule has 1 aliphatic rings. The standard InChI is InChI=1S/C20H19FNO2/c1-13-9-15-10-19-20(24-12-23-19)11-17(15)18(22(13)2)8-5-14-3-6-16(21)7-4-14/h3-4,6-7,9-11H,5,8,12H2,1-2H3/q+1. The van der Waals surface area contributed by atoms with E-state index in [2.05, 4.69) is 30.7 Å². The van der Waals surface area contributed by atoms with Crippen molar-refractivity contribution >= 4 is 10.8 Å².